The summed E-state index contributed by atoms with van der Waals surface area (Å²) < 4.78 is 27.2. The molecule has 0 saturated heterocycles. The average molecular weight is 355 g/mol. The Kier molecular flexibility index (Phi) is 7.82. The average Bonchev–Trinajstić information content (AvgIpc) is 2.55. The summed E-state index contributed by atoms with van der Waals surface area (Å²) in [4.78, 5) is 13.6. The largest absolute Gasteiger partial charge is 0.340 e. The van der Waals surface area contributed by atoms with Crippen LogP contribution in [0.4, 0.5) is 8.78 Å². The number of hydrogen-bond donors (Lipinski definition) is 1. The van der Waals surface area contributed by atoms with Crippen LogP contribution in [-0.4, -0.2) is 23.9 Å². The molecule has 0 radical (unpaired) electrons. The highest BCUT2D eigenvalue weighted by atomic mass is 35.5. The molecule has 0 spiro atoms. The van der Waals surface area contributed by atoms with Gasteiger partial charge in [-0.3, -0.25) is 4.79 Å². The maximum Gasteiger partial charge on any atom is 0.239 e. The van der Waals surface area contributed by atoms with E-state index in [1.54, 1.807) is 43.4 Å². The van der Waals surface area contributed by atoms with Gasteiger partial charge in [-0.1, -0.05) is 36.4 Å². The lowest BCUT2D eigenvalue weighted by Gasteiger charge is -2.21. The van der Waals surface area contributed by atoms with Crippen LogP contribution in [0.2, 0.25) is 0 Å². The minimum Gasteiger partial charge on any atom is -0.340 e. The number of carbonyl (C=O) groups excluding carboxylic acids is 1. The van der Waals surface area contributed by atoms with E-state index in [1.807, 2.05) is 0 Å². The number of halogens is 3. The van der Waals surface area contributed by atoms with Crippen molar-refractivity contribution in [3.8, 4) is 0 Å². The van der Waals surface area contributed by atoms with Crippen LogP contribution in [0.3, 0.4) is 0 Å². The van der Waals surface area contributed by atoms with Gasteiger partial charge in [-0.05, 0) is 30.5 Å². The predicted octanol–water partition coefficient (Wildman–Crippen LogP) is 3.31. The first-order valence-corrected chi connectivity index (χ1v) is 7.46. The Labute approximate surface area is 146 Å². The highest BCUT2D eigenvalue weighted by Gasteiger charge is 2.19. The summed E-state index contributed by atoms with van der Waals surface area (Å²) in [6, 6.07) is 12.0. The summed E-state index contributed by atoms with van der Waals surface area (Å²) in [7, 11) is 1.58. The predicted molar refractivity (Wildman–Crippen MR) is 92.8 cm³/mol. The van der Waals surface area contributed by atoms with Crippen LogP contribution in [0, 0.1) is 11.6 Å². The minimum absolute atomic E-state index is 0. The standard InChI is InChI=1S/C18H20F2N2O.ClH/c1-22(12-14-7-3-5-9-16(14)20)18(23)17(21)11-10-13-6-2-4-8-15(13)19;/h2-9,17H,10-12,21H2,1H3;1H/t17-;/m1./s1. The number of carbonyl (C=O) groups is 1. The number of likely N-dealkylation sites (N-methyl/N-ethyl adjacent to an activating group) is 1. The lowest BCUT2D eigenvalue weighted by Crippen LogP contribution is -2.41. The second-order valence-corrected chi connectivity index (χ2v) is 5.52. The van der Waals surface area contributed by atoms with Gasteiger partial charge in [0.05, 0.1) is 6.04 Å². The number of benzene rings is 2. The quantitative estimate of drug-likeness (QED) is 0.865. The molecule has 2 aromatic rings. The molecule has 130 valence electrons. The van der Waals surface area contributed by atoms with Crippen molar-refractivity contribution in [3.05, 3.63) is 71.3 Å². The van der Waals surface area contributed by atoms with Gasteiger partial charge in [0.25, 0.3) is 0 Å². The lowest BCUT2D eigenvalue weighted by molar-refractivity contribution is -0.132. The van der Waals surface area contributed by atoms with Gasteiger partial charge in [0, 0.05) is 19.2 Å². The van der Waals surface area contributed by atoms with E-state index < -0.39 is 6.04 Å². The van der Waals surface area contributed by atoms with Gasteiger partial charge in [-0.25, -0.2) is 8.78 Å². The summed E-state index contributed by atoms with van der Waals surface area (Å²) in [5, 5.41) is 0. The van der Waals surface area contributed by atoms with E-state index in [0.29, 0.717) is 24.0 Å². The fraction of sp³-hybridized carbons (Fsp3) is 0.278. The first kappa shape index (κ1) is 20.1. The van der Waals surface area contributed by atoms with E-state index in [-0.39, 0.29) is 36.5 Å². The van der Waals surface area contributed by atoms with Gasteiger partial charge in [-0.15, -0.1) is 12.4 Å². The Morgan fingerprint density at radius 2 is 1.54 bits per heavy atom. The molecule has 24 heavy (non-hydrogen) atoms. The highest BCUT2D eigenvalue weighted by Crippen LogP contribution is 2.12. The second kappa shape index (κ2) is 9.35. The monoisotopic (exact) mass is 354 g/mol. The zero-order valence-electron chi connectivity index (χ0n) is 13.4. The van der Waals surface area contributed by atoms with Crippen LogP contribution >= 0.6 is 12.4 Å². The lowest BCUT2D eigenvalue weighted by atomic mass is 10.0. The minimum atomic E-state index is -0.744. The molecular formula is C18H21ClF2N2O. The third kappa shape index (κ3) is 5.28. The van der Waals surface area contributed by atoms with Crippen LogP contribution in [0.25, 0.3) is 0 Å². The van der Waals surface area contributed by atoms with Gasteiger partial charge < -0.3 is 10.6 Å². The van der Waals surface area contributed by atoms with Crippen LogP contribution in [0.15, 0.2) is 48.5 Å². The van der Waals surface area contributed by atoms with Gasteiger partial charge in [0.1, 0.15) is 11.6 Å². The van der Waals surface area contributed by atoms with E-state index in [1.165, 1.54) is 17.0 Å². The van der Waals surface area contributed by atoms with E-state index in [4.69, 9.17) is 5.73 Å². The Hall–Kier alpha value is -1.98. The van der Waals surface area contributed by atoms with E-state index in [9.17, 15) is 13.6 Å². The van der Waals surface area contributed by atoms with Crippen molar-refractivity contribution in [2.24, 2.45) is 5.73 Å². The zero-order chi connectivity index (χ0) is 16.8. The third-order valence-corrected chi connectivity index (χ3v) is 3.74. The van der Waals surface area contributed by atoms with Crippen molar-refractivity contribution in [1.82, 2.24) is 4.90 Å². The fourth-order valence-corrected chi connectivity index (χ4v) is 2.38. The van der Waals surface area contributed by atoms with Crippen molar-refractivity contribution in [1.29, 1.82) is 0 Å². The SMILES string of the molecule is CN(Cc1ccccc1F)C(=O)[C@H](N)CCc1ccccc1F.Cl. The molecule has 2 rings (SSSR count). The molecular weight excluding hydrogens is 334 g/mol. The van der Waals surface area contributed by atoms with Crippen molar-refractivity contribution >= 4 is 18.3 Å². The topological polar surface area (TPSA) is 46.3 Å². The van der Waals surface area contributed by atoms with Crippen LogP contribution in [0.1, 0.15) is 17.5 Å². The number of amides is 1. The molecule has 0 saturated carbocycles. The Morgan fingerprint density at radius 3 is 2.08 bits per heavy atom. The molecule has 1 atom stereocenters. The maximum atomic E-state index is 13.6. The van der Waals surface area contributed by atoms with Crippen LogP contribution in [0.5, 0.6) is 0 Å². The summed E-state index contributed by atoms with van der Waals surface area (Å²) >= 11 is 0. The number of rotatable bonds is 6. The van der Waals surface area contributed by atoms with E-state index >= 15 is 0 Å². The van der Waals surface area contributed by atoms with Crippen LogP contribution < -0.4 is 5.73 Å². The molecule has 2 aromatic carbocycles. The van der Waals surface area contributed by atoms with E-state index in [2.05, 4.69) is 0 Å². The molecule has 1 amide bonds. The highest BCUT2D eigenvalue weighted by molar-refractivity contribution is 5.85. The number of aryl methyl sites for hydroxylation is 1. The van der Waals surface area contributed by atoms with Crippen molar-refractivity contribution in [2.75, 3.05) is 7.05 Å². The molecule has 0 unspecified atom stereocenters. The normalized spacial score (nSPS) is 11.5. The first-order chi connectivity index (χ1) is 11.0. The van der Waals surface area contributed by atoms with Gasteiger partial charge in [0.15, 0.2) is 0 Å². The Bertz CT molecular complexity index is 682. The number of hydrogen-bond acceptors (Lipinski definition) is 2. The number of nitrogens with two attached hydrogens (primary N) is 1. The fourth-order valence-electron chi connectivity index (χ4n) is 2.38. The molecule has 2 N–H and O–H groups in total. The molecule has 0 fully saturated rings. The second-order valence-electron chi connectivity index (χ2n) is 5.52. The Balaban J connectivity index is 0.00000288. The van der Waals surface area contributed by atoms with Gasteiger partial charge in [0.2, 0.25) is 5.91 Å². The van der Waals surface area contributed by atoms with Crippen molar-refractivity contribution in [2.45, 2.75) is 25.4 Å². The first-order valence-electron chi connectivity index (χ1n) is 7.46. The van der Waals surface area contributed by atoms with Crippen LogP contribution in [-0.2, 0) is 17.8 Å². The van der Waals surface area contributed by atoms with E-state index in [0.717, 1.165) is 0 Å². The molecule has 6 heteroatoms. The Morgan fingerprint density at radius 1 is 1.04 bits per heavy atom. The maximum absolute atomic E-state index is 13.6. The summed E-state index contributed by atoms with van der Waals surface area (Å²) in [5.41, 5.74) is 6.87. The summed E-state index contributed by atoms with van der Waals surface area (Å²) in [6.07, 6.45) is 0.717. The zero-order valence-corrected chi connectivity index (χ0v) is 14.2. The molecule has 3 nitrogen and oxygen atoms in total. The van der Waals surface area contributed by atoms with Crippen molar-refractivity contribution < 1.29 is 13.6 Å². The molecule has 0 aliphatic heterocycles. The summed E-state index contributed by atoms with van der Waals surface area (Å²) in [6.45, 7) is 0.152. The third-order valence-electron chi connectivity index (χ3n) is 3.74. The summed E-state index contributed by atoms with van der Waals surface area (Å²) in [5.74, 6) is -0.941. The molecule has 0 bridgehead atoms. The molecule has 0 aromatic heterocycles. The smallest absolute Gasteiger partial charge is 0.239 e. The molecule has 0 aliphatic carbocycles. The molecule has 0 aliphatic rings. The van der Waals surface area contributed by atoms with Gasteiger partial charge in [-0.2, -0.15) is 0 Å². The molecule has 0 heterocycles. The van der Waals surface area contributed by atoms with Gasteiger partial charge >= 0.3 is 0 Å². The number of nitrogens with zero attached hydrogens (tertiary/aromatic N) is 1. The van der Waals surface area contributed by atoms with Crippen molar-refractivity contribution in [3.63, 3.8) is 0 Å².